The summed E-state index contributed by atoms with van der Waals surface area (Å²) in [6.45, 7) is 12.2. The Kier molecular flexibility index (Phi) is 7.19. The van der Waals surface area contributed by atoms with Gasteiger partial charge in [0.15, 0.2) is 14.6 Å². The highest BCUT2D eigenvalue weighted by atomic mass is 28.3. The Labute approximate surface area is 202 Å². The minimum absolute atomic E-state index is 0.141. The number of hydrogen-bond acceptors (Lipinski definition) is 5. The zero-order chi connectivity index (χ0) is 24.5. The van der Waals surface area contributed by atoms with E-state index in [-0.39, 0.29) is 11.5 Å². The van der Waals surface area contributed by atoms with Gasteiger partial charge in [-0.15, -0.1) is 0 Å². The van der Waals surface area contributed by atoms with Gasteiger partial charge in [-0.05, 0) is 74.4 Å². The van der Waals surface area contributed by atoms with Crippen LogP contribution < -0.4 is 0 Å². The van der Waals surface area contributed by atoms with Crippen LogP contribution >= 0.6 is 0 Å². The van der Waals surface area contributed by atoms with Gasteiger partial charge in [-0.3, -0.25) is 0 Å². The van der Waals surface area contributed by atoms with Crippen molar-refractivity contribution in [2.75, 3.05) is 13.1 Å². The van der Waals surface area contributed by atoms with Gasteiger partial charge in [-0.25, -0.2) is 4.79 Å². The molecule has 1 unspecified atom stereocenters. The molecular formula is C26H36N2O5Si. The van der Waals surface area contributed by atoms with Crippen molar-refractivity contribution >= 4 is 26.1 Å². The zero-order valence-electron chi connectivity index (χ0n) is 20.8. The van der Waals surface area contributed by atoms with Gasteiger partial charge in [0.2, 0.25) is 0 Å². The molecule has 1 N–H and O–H groups in total. The van der Waals surface area contributed by atoms with E-state index in [2.05, 4.69) is 51.2 Å². The number of piperidine rings is 1. The Morgan fingerprint density at radius 2 is 2.00 bits per heavy atom. The van der Waals surface area contributed by atoms with Gasteiger partial charge in [0.25, 0.3) is 0 Å². The number of rotatable bonds is 7. The van der Waals surface area contributed by atoms with E-state index in [1.54, 1.807) is 6.26 Å². The van der Waals surface area contributed by atoms with Crippen molar-refractivity contribution in [2.24, 2.45) is 11.3 Å². The lowest BCUT2D eigenvalue weighted by molar-refractivity contribution is 0.0871. The Hall–Kier alpha value is -2.58. The summed E-state index contributed by atoms with van der Waals surface area (Å²) >= 11 is 0. The molecule has 184 valence electrons. The van der Waals surface area contributed by atoms with E-state index in [1.807, 2.05) is 12.1 Å². The number of fused-ring (bicyclic) bond motifs is 1. The molecule has 0 bridgehead atoms. The maximum Gasteiger partial charge on any atom is 0.407 e. The number of benzene rings is 1. The van der Waals surface area contributed by atoms with Gasteiger partial charge in [-0.1, -0.05) is 25.9 Å². The molecule has 1 amide bonds. The fraction of sp³-hybridized carbons (Fsp3) is 0.538. The number of nitrogens with zero attached hydrogens (tertiary/aromatic N) is 2. The number of amides is 1. The fourth-order valence-corrected chi connectivity index (χ4v) is 5.98. The molecule has 2 aromatic heterocycles. The summed E-state index contributed by atoms with van der Waals surface area (Å²) in [6.07, 6.45) is 4.30. The van der Waals surface area contributed by atoms with Gasteiger partial charge < -0.3 is 23.4 Å². The van der Waals surface area contributed by atoms with Gasteiger partial charge in [-0.2, -0.15) is 0 Å². The second-order valence-corrected chi connectivity index (χ2v) is 13.1. The van der Waals surface area contributed by atoms with Crippen molar-refractivity contribution in [1.82, 2.24) is 10.1 Å². The summed E-state index contributed by atoms with van der Waals surface area (Å²) in [5, 5.41) is 14.7. The van der Waals surface area contributed by atoms with Gasteiger partial charge in [0.1, 0.15) is 5.76 Å². The first-order valence-electron chi connectivity index (χ1n) is 12.2. The van der Waals surface area contributed by atoms with E-state index in [9.17, 15) is 9.90 Å². The summed E-state index contributed by atoms with van der Waals surface area (Å²) in [4.78, 5) is 12.7. The number of carbonyl (C=O) groups is 1. The lowest BCUT2D eigenvalue weighted by atomic mass is 9.81. The van der Waals surface area contributed by atoms with Crippen LogP contribution in [-0.2, 0) is 10.8 Å². The Bertz CT molecular complexity index is 1110. The Balaban J connectivity index is 1.66. The Morgan fingerprint density at radius 1 is 1.26 bits per heavy atom. The number of aromatic nitrogens is 1. The van der Waals surface area contributed by atoms with Gasteiger partial charge in [0.05, 0.1) is 18.1 Å². The minimum Gasteiger partial charge on any atom is -0.465 e. The molecule has 1 fully saturated rings. The maximum absolute atomic E-state index is 11.2. The van der Waals surface area contributed by atoms with Crippen molar-refractivity contribution in [3.8, 4) is 11.3 Å². The first-order valence-corrected chi connectivity index (χ1v) is 15.0. The molecule has 1 aliphatic rings. The normalized spacial score (nSPS) is 16.5. The highest BCUT2D eigenvalue weighted by Gasteiger charge is 2.34. The smallest absolute Gasteiger partial charge is 0.407 e. The Morgan fingerprint density at radius 3 is 2.59 bits per heavy atom. The van der Waals surface area contributed by atoms with Crippen molar-refractivity contribution < 1.29 is 23.3 Å². The van der Waals surface area contributed by atoms with Crippen LogP contribution in [-0.4, -0.2) is 43.4 Å². The van der Waals surface area contributed by atoms with Crippen LogP contribution in [0.2, 0.25) is 13.1 Å². The van der Waals surface area contributed by atoms with Gasteiger partial charge >= 0.3 is 6.09 Å². The molecule has 1 atom stereocenters. The fourth-order valence-electron chi connectivity index (χ4n) is 4.89. The number of furan rings is 1. The van der Waals surface area contributed by atoms with Crippen LogP contribution in [0.25, 0.3) is 22.3 Å². The first kappa shape index (κ1) is 24.5. The summed E-state index contributed by atoms with van der Waals surface area (Å²) in [7, 11) is -1.35. The standard InChI is InChI=1S/C26H36N2O5Si/c1-26(2,3)24(33-34(4)5)22-19(21-7-6-16-31-21)10-9-18-20(27-32-23(18)22)11-8-17-12-14-28(15-13-17)25(29)30/h6-7,9-10,16-17,24,34H,8,11-15H2,1-5H3,(H,29,30). The molecule has 1 saturated heterocycles. The van der Waals surface area contributed by atoms with E-state index in [1.165, 1.54) is 4.90 Å². The van der Waals surface area contributed by atoms with Crippen LogP contribution in [0, 0.1) is 11.3 Å². The predicted octanol–water partition coefficient (Wildman–Crippen LogP) is 6.50. The lowest BCUT2D eigenvalue weighted by Gasteiger charge is -2.34. The van der Waals surface area contributed by atoms with Crippen LogP contribution in [0.15, 0.2) is 39.5 Å². The molecule has 3 aromatic rings. The average Bonchev–Trinajstić information content (AvgIpc) is 3.45. The van der Waals surface area contributed by atoms with E-state index in [4.69, 9.17) is 13.4 Å². The van der Waals surface area contributed by atoms with Crippen LogP contribution in [0.1, 0.15) is 57.4 Å². The largest absolute Gasteiger partial charge is 0.465 e. The monoisotopic (exact) mass is 484 g/mol. The maximum atomic E-state index is 11.2. The van der Waals surface area contributed by atoms with E-state index in [0.29, 0.717) is 19.0 Å². The lowest BCUT2D eigenvalue weighted by Crippen LogP contribution is -2.37. The van der Waals surface area contributed by atoms with E-state index in [0.717, 1.165) is 59.2 Å². The average molecular weight is 485 g/mol. The molecule has 1 aliphatic heterocycles. The van der Waals surface area contributed by atoms with Crippen LogP contribution in [0.5, 0.6) is 0 Å². The minimum atomic E-state index is -1.35. The first-order chi connectivity index (χ1) is 16.1. The highest BCUT2D eigenvalue weighted by Crippen LogP contribution is 2.45. The second kappa shape index (κ2) is 9.96. The van der Waals surface area contributed by atoms with E-state index >= 15 is 0 Å². The molecule has 0 saturated carbocycles. The number of carboxylic acid groups (broad SMARTS) is 1. The van der Waals surface area contributed by atoms with E-state index < -0.39 is 15.1 Å². The summed E-state index contributed by atoms with van der Waals surface area (Å²) in [5.74, 6) is 1.30. The molecule has 0 aliphatic carbocycles. The predicted molar refractivity (Wildman–Crippen MR) is 135 cm³/mol. The molecule has 0 spiro atoms. The zero-order valence-corrected chi connectivity index (χ0v) is 22.0. The number of hydrogen-bond donors (Lipinski definition) is 1. The van der Waals surface area contributed by atoms with Crippen LogP contribution in [0.4, 0.5) is 4.79 Å². The third kappa shape index (κ3) is 5.23. The molecule has 1 aromatic carbocycles. The highest BCUT2D eigenvalue weighted by molar-refractivity contribution is 6.48. The number of likely N-dealkylation sites (tertiary alicyclic amines) is 1. The third-order valence-corrected chi connectivity index (χ3v) is 7.49. The molecule has 34 heavy (non-hydrogen) atoms. The van der Waals surface area contributed by atoms with Crippen molar-refractivity contribution in [1.29, 1.82) is 0 Å². The van der Waals surface area contributed by atoms with Gasteiger partial charge in [0, 0.05) is 29.6 Å². The molecule has 3 heterocycles. The van der Waals surface area contributed by atoms with Crippen molar-refractivity contribution in [3.05, 3.63) is 41.8 Å². The van der Waals surface area contributed by atoms with Crippen molar-refractivity contribution in [3.63, 3.8) is 0 Å². The molecule has 8 heteroatoms. The topological polar surface area (TPSA) is 88.9 Å². The summed E-state index contributed by atoms with van der Waals surface area (Å²) in [6, 6.07) is 8.06. The molecular weight excluding hydrogens is 448 g/mol. The molecule has 7 nitrogen and oxygen atoms in total. The summed E-state index contributed by atoms with van der Waals surface area (Å²) < 4.78 is 18.4. The molecule has 4 rings (SSSR count). The number of aryl methyl sites for hydroxylation is 1. The van der Waals surface area contributed by atoms with Crippen LogP contribution in [0.3, 0.4) is 0 Å². The summed E-state index contributed by atoms with van der Waals surface area (Å²) in [5.41, 5.74) is 3.58. The quantitative estimate of drug-likeness (QED) is 0.385. The molecule has 0 radical (unpaired) electrons. The SMILES string of the molecule is C[SiH](C)OC(c1c(-c2ccco2)ccc2c(CCC3CCN(C(=O)O)CC3)noc12)C(C)(C)C. The second-order valence-electron chi connectivity index (χ2n) is 10.7. The third-order valence-electron chi connectivity index (χ3n) is 6.67. The van der Waals surface area contributed by atoms with Crippen molar-refractivity contribution in [2.45, 2.75) is 65.7 Å².